The number of halogens is 6. The summed E-state index contributed by atoms with van der Waals surface area (Å²) in [5.41, 5.74) is -5.79. The molecule has 15 heteroatoms. The lowest BCUT2D eigenvalue weighted by Gasteiger charge is -2.21. The van der Waals surface area contributed by atoms with Crippen LogP contribution in [0.5, 0.6) is 5.75 Å². The summed E-state index contributed by atoms with van der Waals surface area (Å²) in [6, 6.07) is 6.34. The predicted molar refractivity (Wildman–Crippen MR) is 130 cm³/mol. The largest absolute Gasteiger partial charge is 0.478 e. The molecule has 0 bridgehead atoms. The lowest BCUT2D eigenvalue weighted by Crippen LogP contribution is -2.37. The number of hydrogen-bond acceptors (Lipinski definition) is 6. The first-order valence-electron chi connectivity index (χ1n) is 12.1. The van der Waals surface area contributed by atoms with Crippen LogP contribution < -0.4 is 10.4 Å². The molecule has 41 heavy (non-hydrogen) atoms. The van der Waals surface area contributed by atoms with Crippen molar-refractivity contribution >= 4 is 11.9 Å². The SMILES string of the molecule is CCCn1c(COC(=O)c2ccc(OC(C)(C)C(=O)O)cc2)nn(Cc2cc(C(F)(F)F)cc(C(F)(F)F)c2)c1=O. The molecular weight excluding hydrogens is 564 g/mol. The highest BCUT2D eigenvalue weighted by atomic mass is 19.4. The van der Waals surface area contributed by atoms with Crippen molar-refractivity contribution in [3.05, 3.63) is 81.0 Å². The van der Waals surface area contributed by atoms with E-state index < -0.39 is 65.4 Å². The third kappa shape index (κ3) is 7.67. The van der Waals surface area contributed by atoms with E-state index in [1.54, 1.807) is 6.92 Å². The van der Waals surface area contributed by atoms with E-state index in [0.29, 0.717) is 23.2 Å². The van der Waals surface area contributed by atoms with Gasteiger partial charge in [0, 0.05) is 6.54 Å². The minimum Gasteiger partial charge on any atom is -0.478 e. The summed E-state index contributed by atoms with van der Waals surface area (Å²) < 4.78 is 91.8. The number of hydrogen-bond donors (Lipinski definition) is 1. The Labute approximate surface area is 228 Å². The molecule has 0 fully saturated rings. The molecule has 1 aromatic heterocycles. The Bertz CT molecular complexity index is 1440. The molecule has 0 unspecified atom stereocenters. The molecule has 0 aliphatic carbocycles. The standard InChI is InChI=1S/C26H25F6N3O6/c1-4-9-34-20(14-40-21(36)16-5-7-19(8-6-16)41-24(2,3)22(37)38)33-35(23(34)39)13-15-10-17(25(27,28)29)12-18(11-15)26(30,31)32/h5-8,10-12H,4,9,13-14H2,1-3H3,(H,37,38). The Morgan fingerprint density at radius 2 is 1.51 bits per heavy atom. The van der Waals surface area contributed by atoms with Crippen molar-refractivity contribution in [1.29, 1.82) is 0 Å². The molecule has 9 nitrogen and oxygen atoms in total. The molecule has 0 atom stereocenters. The van der Waals surface area contributed by atoms with Gasteiger partial charge >= 0.3 is 30.0 Å². The highest BCUT2D eigenvalue weighted by Crippen LogP contribution is 2.36. The summed E-state index contributed by atoms with van der Waals surface area (Å²) in [4.78, 5) is 36.6. The molecule has 2 aromatic carbocycles. The number of esters is 1. The van der Waals surface area contributed by atoms with Gasteiger partial charge in [-0.1, -0.05) is 6.92 Å². The number of carboxylic acids is 1. The number of carbonyl (C=O) groups excluding carboxylic acids is 1. The lowest BCUT2D eigenvalue weighted by molar-refractivity contribution is -0.152. The van der Waals surface area contributed by atoms with Gasteiger partial charge < -0.3 is 14.6 Å². The molecule has 0 aliphatic rings. The topological polar surface area (TPSA) is 113 Å². The molecule has 1 N–H and O–H groups in total. The van der Waals surface area contributed by atoms with Crippen LogP contribution in [0.1, 0.15) is 60.1 Å². The predicted octanol–water partition coefficient (Wildman–Crippen LogP) is 5.14. The molecule has 0 spiro atoms. The first-order valence-corrected chi connectivity index (χ1v) is 12.1. The minimum absolute atomic E-state index is 0.0153. The van der Waals surface area contributed by atoms with Gasteiger partial charge in [0.05, 0.1) is 23.2 Å². The quantitative estimate of drug-likeness (QED) is 0.258. The Hall–Kier alpha value is -4.30. The van der Waals surface area contributed by atoms with Crippen molar-refractivity contribution < 1.29 is 50.5 Å². The second kappa shape index (κ2) is 11.7. The van der Waals surface area contributed by atoms with Gasteiger partial charge in [0.15, 0.2) is 18.0 Å². The molecule has 0 amide bonds. The minimum atomic E-state index is -5.06. The maximum atomic E-state index is 13.2. The number of aliphatic carboxylic acids is 1. The summed E-state index contributed by atoms with van der Waals surface area (Å²) in [7, 11) is 0. The van der Waals surface area contributed by atoms with Crippen LogP contribution in [0, 0.1) is 0 Å². The first-order chi connectivity index (χ1) is 18.9. The number of ether oxygens (including phenoxy) is 2. The lowest BCUT2D eigenvalue weighted by atomic mass is 10.0. The fourth-order valence-electron chi connectivity index (χ4n) is 3.64. The van der Waals surface area contributed by atoms with Crippen molar-refractivity contribution in [2.45, 2.75) is 64.8 Å². The van der Waals surface area contributed by atoms with Gasteiger partial charge in [0.1, 0.15) is 5.75 Å². The normalized spacial score (nSPS) is 12.3. The van der Waals surface area contributed by atoms with Crippen LogP contribution in [0.15, 0.2) is 47.3 Å². The molecule has 0 saturated heterocycles. The molecule has 3 rings (SSSR count). The van der Waals surface area contributed by atoms with Crippen molar-refractivity contribution in [1.82, 2.24) is 14.3 Å². The van der Waals surface area contributed by atoms with Crippen molar-refractivity contribution in [2.24, 2.45) is 0 Å². The Kier molecular flexibility index (Phi) is 8.89. The summed E-state index contributed by atoms with van der Waals surface area (Å²) in [6.07, 6.45) is -9.69. The Morgan fingerprint density at radius 3 is 2.00 bits per heavy atom. The molecule has 3 aromatic rings. The molecule has 222 valence electrons. The fourth-order valence-corrected chi connectivity index (χ4v) is 3.64. The smallest absolute Gasteiger partial charge is 0.416 e. The van der Waals surface area contributed by atoms with Gasteiger partial charge in [-0.25, -0.2) is 19.1 Å². The van der Waals surface area contributed by atoms with E-state index in [0.717, 1.165) is 4.57 Å². The van der Waals surface area contributed by atoms with Crippen molar-refractivity contribution in [2.75, 3.05) is 0 Å². The second-order valence-corrected chi connectivity index (χ2v) is 9.44. The van der Waals surface area contributed by atoms with Gasteiger partial charge in [-0.05, 0) is 68.3 Å². The zero-order valence-electron chi connectivity index (χ0n) is 22.0. The number of benzene rings is 2. The fraction of sp³-hybridized carbons (Fsp3) is 0.385. The van der Waals surface area contributed by atoms with Gasteiger partial charge in [-0.3, -0.25) is 4.57 Å². The molecular formula is C26H25F6N3O6. The van der Waals surface area contributed by atoms with E-state index in [4.69, 9.17) is 14.6 Å². The average molecular weight is 589 g/mol. The van der Waals surface area contributed by atoms with Crippen LogP contribution >= 0.6 is 0 Å². The molecule has 0 radical (unpaired) electrons. The second-order valence-electron chi connectivity index (χ2n) is 9.44. The number of nitrogens with zero attached hydrogens (tertiary/aromatic N) is 3. The van der Waals surface area contributed by atoms with E-state index in [1.807, 2.05) is 0 Å². The van der Waals surface area contributed by atoms with E-state index in [1.165, 1.54) is 38.1 Å². The van der Waals surface area contributed by atoms with E-state index in [2.05, 4.69) is 5.10 Å². The zero-order chi connectivity index (χ0) is 30.8. The van der Waals surface area contributed by atoms with E-state index in [9.17, 15) is 40.7 Å². The Balaban J connectivity index is 1.82. The number of carbonyl (C=O) groups is 2. The van der Waals surface area contributed by atoms with Crippen LogP contribution in [-0.4, -0.2) is 37.0 Å². The average Bonchev–Trinajstić information content (AvgIpc) is 3.15. The monoisotopic (exact) mass is 589 g/mol. The zero-order valence-corrected chi connectivity index (χ0v) is 22.0. The van der Waals surface area contributed by atoms with Crippen molar-refractivity contribution in [3.8, 4) is 5.75 Å². The first kappa shape index (κ1) is 31.2. The van der Waals surface area contributed by atoms with Crippen LogP contribution in [0.3, 0.4) is 0 Å². The highest BCUT2D eigenvalue weighted by molar-refractivity contribution is 5.89. The highest BCUT2D eigenvalue weighted by Gasteiger charge is 2.37. The van der Waals surface area contributed by atoms with Crippen LogP contribution in [-0.2, 0) is 41.6 Å². The van der Waals surface area contributed by atoms with Crippen molar-refractivity contribution in [3.63, 3.8) is 0 Å². The molecule has 0 saturated carbocycles. The summed E-state index contributed by atoms with van der Waals surface area (Å²) in [6.45, 7) is 3.27. The number of rotatable bonds is 10. The van der Waals surface area contributed by atoms with E-state index >= 15 is 0 Å². The third-order valence-electron chi connectivity index (χ3n) is 5.74. The van der Waals surface area contributed by atoms with Gasteiger partial charge in [-0.15, -0.1) is 0 Å². The van der Waals surface area contributed by atoms with E-state index in [-0.39, 0.29) is 29.7 Å². The molecule has 1 heterocycles. The summed E-state index contributed by atoms with van der Waals surface area (Å²) in [5.74, 6) is -1.94. The van der Waals surface area contributed by atoms with Crippen LogP contribution in [0.2, 0.25) is 0 Å². The van der Waals surface area contributed by atoms with Gasteiger partial charge in [-0.2, -0.15) is 31.4 Å². The number of carboxylic acid groups (broad SMARTS) is 1. The number of aromatic nitrogens is 3. The van der Waals surface area contributed by atoms with Crippen LogP contribution in [0.4, 0.5) is 26.3 Å². The number of alkyl halides is 6. The van der Waals surface area contributed by atoms with Gasteiger partial charge in [0.25, 0.3) is 0 Å². The third-order valence-corrected chi connectivity index (χ3v) is 5.74. The maximum absolute atomic E-state index is 13.2. The Morgan fingerprint density at radius 1 is 0.951 bits per heavy atom. The van der Waals surface area contributed by atoms with Crippen LogP contribution in [0.25, 0.3) is 0 Å². The maximum Gasteiger partial charge on any atom is 0.416 e. The summed E-state index contributed by atoms with van der Waals surface area (Å²) >= 11 is 0. The van der Waals surface area contributed by atoms with Gasteiger partial charge in [0.2, 0.25) is 0 Å². The summed E-state index contributed by atoms with van der Waals surface area (Å²) in [5, 5.41) is 13.2. The molecule has 0 aliphatic heterocycles.